The first-order chi connectivity index (χ1) is 8.87. The molecule has 108 valence electrons. The Morgan fingerprint density at radius 1 is 1.42 bits per heavy atom. The fourth-order valence-electron chi connectivity index (χ4n) is 2.07. The lowest BCUT2D eigenvalue weighted by Gasteiger charge is -2.26. The largest absolute Gasteiger partial charge is 0.347 e. The summed E-state index contributed by atoms with van der Waals surface area (Å²) in [5.74, 6) is 0.0951. The third-order valence-corrected chi connectivity index (χ3v) is 4.08. The Labute approximate surface area is 120 Å². The molecule has 1 aromatic rings. The summed E-state index contributed by atoms with van der Waals surface area (Å²) in [5.41, 5.74) is 0.135. The van der Waals surface area contributed by atoms with E-state index in [0.29, 0.717) is 0 Å². The normalized spacial score (nSPS) is 15.0. The van der Waals surface area contributed by atoms with Crippen LogP contribution in [0.2, 0.25) is 0 Å². The molecule has 1 aromatic heterocycles. The summed E-state index contributed by atoms with van der Waals surface area (Å²) in [4.78, 5) is 13.6. The average molecular weight is 282 g/mol. The minimum absolute atomic E-state index is 0.0951. The van der Waals surface area contributed by atoms with Gasteiger partial charge in [-0.3, -0.25) is 4.79 Å². The molecular formula is C15H26N2OS. The fourth-order valence-corrected chi connectivity index (χ4v) is 2.94. The first-order valence-corrected chi connectivity index (χ1v) is 7.76. The average Bonchev–Trinajstić information content (AvgIpc) is 2.85. The SMILES string of the molecule is CCC(NC(=O)C(CC(C)(C)C)NC)c1cccs1. The van der Waals surface area contributed by atoms with Gasteiger partial charge < -0.3 is 10.6 Å². The summed E-state index contributed by atoms with van der Waals surface area (Å²) in [6.07, 6.45) is 1.74. The molecule has 3 nitrogen and oxygen atoms in total. The molecule has 4 heteroatoms. The highest BCUT2D eigenvalue weighted by Crippen LogP contribution is 2.24. The molecule has 0 bridgehead atoms. The molecule has 1 amide bonds. The van der Waals surface area contributed by atoms with Gasteiger partial charge in [0.05, 0.1) is 12.1 Å². The van der Waals surface area contributed by atoms with Crippen molar-refractivity contribution in [2.24, 2.45) is 5.41 Å². The number of carbonyl (C=O) groups is 1. The highest BCUT2D eigenvalue weighted by molar-refractivity contribution is 7.10. The van der Waals surface area contributed by atoms with Crippen molar-refractivity contribution in [3.63, 3.8) is 0 Å². The Hall–Kier alpha value is -0.870. The van der Waals surface area contributed by atoms with Crippen molar-refractivity contribution < 1.29 is 4.79 Å². The first kappa shape index (κ1) is 16.2. The van der Waals surface area contributed by atoms with Gasteiger partial charge in [-0.25, -0.2) is 0 Å². The second-order valence-electron chi connectivity index (χ2n) is 6.09. The van der Waals surface area contributed by atoms with E-state index in [1.165, 1.54) is 4.88 Å². The Morgan fingerprint density at radius 2 is 2.11 bits per heavy atom. The molecule has 0 fully saturated rings. The van der Waals surface area contributed by atoms with Crippen LogP contribution in [0.4, 0.5) is 0 Å². The van der Waals surface area contributed by atoms with Gasteiger partial charge in [0.1, 0.15) is 0 Å². The van der Waals surface area contributed by atoms with Crippen LogP contribution in [0.3, 0.4) is 0 Å². The van der Waals surface area contributed by atoms with E-state index < -0.39 is 0 Å². The molecular weight excluding hydrogens is 256 g/mol. The van der Waals surface area contributed by atoms with E-state index >= 15 is 0 Å². The number of thiophene rings is 1. The van der Waals surface area contributed by atoms with Crippen molar-refractivity contribution in [3.05, 3.63) is 22.4 Å². The molecule has 1 heterocycles. The molecule has 0 aromatic carbocycles. The molecule has 0 aliphatic carbocycles. The number of hydrogen-bond donors (Lipinski definition) is 2. The molecule has 2 N–H and O–H groups in total. The molecule has 0 aliphatic heterocycles. The Morgan fingerprint density at radius 3 is 2.53 bits per heavy atom. The number of amides is 1. The molecule has 0 spiro atoms. The summed E-state index contributed by atoms with van der Waals surface area (Å²) in [7, 11) is 1.85. The van der Waals surface area contributed by atoms with Crippen molar-refractivity contribution in [2.45, 2.75) is 52.6 Å². The lowest BCUT2D eigenvalue weighted by atomic mass is 9.87. The van der Waals surface area contributed by atoms with E-state index in [4.69, 9.17) is 0 Å². The van der Waals surface area contributed by atoms with Crippen LogP contribution in [-0.4, -0.2) is 19.0 Å². The standard InChI is InChI=1S/C15H26N2OS/c1-6-11(13-8-7-9-19-13)17-14(18)12(16-5)10-15(2,3)4/h7-9,11-12,16H,6,10H2,1-5H3,(H,17,18). The zero-order chi connectivity index (χ0) is 14.5. The van der Waals surface area contributed by atoms with E-state index in [-0.39, 0.29) is 23.4 Å². The highest BCUT2D eigenvalue weighted by Gasteiger charge is 2.25. The van der Waals surface area contributed by atoms with Crippen LogP contribution in [-0.2, 0) is 4.79 Å². The molecule has 19 heavy (non-hydrogen) atoms. The third-order valence-electron chi connectivity index (χ3n) is 3.09. The van der Waals surface area contributed by atoms with Gasteiger partial charge >= 0.3 is 0 Å². The Balaban J connectivity index is 2.65. The van der Waals surface area contributed by atoms with Gasteiger partial charge in [-0.05, 0) is 36.8 Å². The van der Waals surface area contributed by atoms with Gasteiger partial charge in [-0.2, -0.15) is 0 Å². The van der Waals surface area contributed by atoms with E-state index in [0.717, 1.165) is 12.8 Å². The summed E-state index contributed by atoms with van der Waals surface area (Å²) in [6, 6.07) is 4.11. The second-order valence-corrected chi connectivity index (χ2v) is 7.07. The zero-order valence-electron chi connectivity index (χ0n) is 12.6. The summed E-state index contributed by atoms with van der Waals surface area (Å²) >= 11 is 1.69. The van der Waals surface area contributed by atoms with Crippen molar-refractivity contribution in [2.75, 3.05) is 7.05 Å². The first-order valence-electron chi connectivity index (χ1n) is 6.88. The van der Waals surface area contributed by atoms with Crippen LogP contribution < -0.4 is 10.6 Å². The number of carbonyl (C=O) groups excluding carboxylic acids is 1. The van der Waals surface area contributed by atoms with E-state index in [2.05, 4.69) is 49.8 Å². The van der Waals surface area contributed by atoms with Crippen molar-refractivity contribution in [1.29, 1.82) is 0 Å². The van der Waals surface area contributed by atoms with Gasteiger partial charge in [0.15, 0.2) is 0 Å². The van der Waals surface area contributed by atoms with Gasteiger partial charge in [0, 0.05) is 4.88 Å². The maximum Gasteiger partial charge on any atom is 0.237 e. The Bertz CT molecular complexity index is 381. The number of rotatable bonds is 6. The van der Waals surface area contributed by atoms with Crippen molar-refractivity contribution in [1.82, 2.24) is 10.6 Å². The van der Waals surface area contributed by atoms with Crippen LogP contribution in [0.15, 0.2) is 17.5 Å². The number of hydrogen-bond acceptors (Lipinski definition) is 3. The van der Waals surface area contributed by atoms with Gasteiger partial charge in [0.25, 0.3) is 0 Å². The van der Waals surface area contributed by atoms with Crippen LogP contribution in [0.25, 0.3) is 0 Å². The minimum atomic E-state index is -0.131. The summed E-state index contributed by atoms with van der Waals surface area (Å²) < 4.78 is 0. The van der Waals surface area contributed by atoms with Crippen molar-refractivity contribution >= 4 is 17.2 Å². The maximum atomic E-state index is 12.3. The lowest BCUT2D eigenvalue weighted by Crippen LogP contribution is -2.45. The molecule has 0 radical (unpaired) electrons. The van der Waals surface area contributed by atoms with Crippen LogP contribution >= 0.6 is 11.3 Å². The van der Waals surface area contributed by atoms with Gasteiger partial charge in [-0.15, -0.1) is 11.3 Å². The lowest BCUT2D eigenvalue weighted by molar-refractivity contribution is -0.124. The predicted molar refractivity (Wildman–Crippen MR) is 82.4 cm³/mol. The minimum Gasteiger partial charge on any atom is -0.347 e. The monoisotopic (exact) mass is 282 g/mol. The predicted octanol–water partition coefficient (Wildman–Crippen LogP) is 3.34. The molecule has 1 rings (SSSR count). The van der Waals surface area contributed by atoms with Crippen molar-refractivity contribution in [3.8, 4) is 0 Å². The van der Waals surface area contributed by atoms with E-state index in [1.807, 2.05) is 13.1 Å². The smallest absolute Gasteiger partial charge is 0.237 e. The highest BCUT2D eigenvalue weighted by atomic mass is 32.1. The topological polar surface area (TPSA) is 41.1 Å². The summed E-state index contributed by atoms with van der Waals surface area (Å²) in [6.45, 7) is 8.56. The van der Waals surface area contributed by atoms with Gasteiger partial charge in [0.2, 0.25) is 5.91 Å². The van der Waals surface area contributed by atoms with E-state index in [9.17, 15) is 4.79 Å². The number of nitrogens with one attached hydrogen (secondary N) is 2. The summed E-state index contributed by atoms with van der Waals surface area (Å²) in [5, 5.41) is 8.33. The molecule has 0 aliphatic rings. The zero-order valence-corrected chi connectivity index (χ0v) is 13.4. The molecule has 2 unspecified atom stereocenters. The van der Waals surface area contributed by atoms with Crippen LogP contribution in [0, 0.1) is 5.41 Å². The molecule has 2 atom stereocenters. The van der Waals surface area contributed by atoms with Crippen LogP contribution in [0.1, 0.15) is 51.5 Å². The molecule has 0 saturated carbocycles. The van der Waals surface area contributed by atoms with Gasteiger partial charge in [-0.1, -0.05) is 33.8 Å². The van der Waals surface area contributed by atoms with E-state index in [1.54, 1.807) is 11.3 Å². The fraction of sp³-hybridized carbons (Fsp3) is 0.667. The molecule has 0 saturated heterocycles. The number of likely N-dealkylation sites (N-methyl/N-ethyl adjacent to an activating group) is 1. The Kier molecular flexibility index (Phi) is 6.01. The third kappa shape index (κ3) is 5.33. The quantitative estimate of drug-likeness (QED) is 0.840. The maximum absolute atomic E-state index is 12.3. The second kappa shape index (κ2) is 7.06. The van der Waals surface area contributed by atoms with Crippen LogP contribution in [0.5, 0.6) is 0 Å².